The summed E-state index contributed by atoms with van der Waals surface area (Å²) in [6, 6.07) is 0. The summed E-state index contributed by atoms with van der Waals surface area (Å²) in [6.45, 7) is 5.34. The van der Waals surface area contributed by atoms with E-state index < -0.39 is 0 Å². The zero-order chi connectivity index (χ0) is 13.3. The lowest BCUT2D eigenvalue weighted by Crippen LogP contribution is -2.03. The van der Waals surface area contributed by atoms with Gasteiger partial charge in [0.2, 0.25) is 0 Å². The molecular weight excluding hydrogens is 216 g/mol. The number of unbranched alkanes of at least 4 members (excludes halogenated alkanes) is 3. The van der Waals surface area contributed by atoms with Gasteiger partial charge in [-0.1, -0.05) is 33.1 Å². The van der Waals surface area contributed by atoms with Gasteiger partial charge in [0.05, 0.1) is 6.26 Å². The maximum atomic E-state index is 11.1. The first-order valence-corrected chi connectivity index (χ1v) is 6.35. The summed E-state index contributed by atoms with van der Waals surface area (Å²) >= 11 is 0. The lowest BCUT2D eigenvalue weighted by Gasteiger charge is -2.10. The van der Waals surface area contributed by atoms with E-state index in [0.717, 1.165) is 25.5 Å². The quantitative estimate of drug-likeness (QED) is 0.289. The number of hydrogen-bond acceptors (Lipinski definition) is 3. The molecule has 0 aromatic heterocycles. The predicted octanol–water partition coefficient (Wildman–Crippen LogP) is 4.21. The zero-order valence-electron chi connectivity index (χ0n) is 11.1. The van der Waals surface area contributed by atoms with Crippen LogP contribution in [0.15, 0.2) is 23.2 Å². The molecule has 0 aliphatic heterocycles. The first-order chi connectivity index (χ1) is 8.08. The number of hydrogen-bond donors (Lipinski definition) is 2. The number of Topliss-reactive ketones (excluding diaryl/α,β-unsaturated/α-hetero) is 1. The fourth-order valence-corrected chi connectivity index (χ4v) is 1.79. The summed E-state index contributed by atoms with van der Waals surface area (Å²) < 4.78 is 0. The van der Waals surface area contributed by atoms with Crippen LogP contribution in [0.2, 0.25) is 0 Å². The molecule has 2 N–H and O–H groups in total. The van der Waals surface area contributed by atoms with E-state index in [1.54, 1.807) is 0 Å². The summed E-state index contributed by atoms with van der Waals surface area (Å²) in [6.07, 6.45) is 6.67. The van der Waals surface area contributed by atoms with E-state index in [9.17, 15) is 15.0 Å². The van der Waals surface area contributed by atoms with Gasteiger partial charge >= 0.3 is 0 Å². The van der Waals surface area contributed by atoms with Crippen molar-refractivity contribution in [3.8, 4) is 0 Å². The van der Waals surface area contributed by atoms with Gasteiger partial charge in [-0.05, 0) is 24.8 Å². The Labute approximate surface area is 104 Å². The molecule has 0 aromatic rings. The SMILES string of the molecule is CCCCCCC(=CO)C(CC)=C(O)C(C)=O. The minimum Gasteiger partial charge on any atom is -0.515 e. The van der Waals surface area contributed by atoms with Gasteiger partial charge < -0.3 is 10.2 Å². The van der Waals surface area contributed by atoms with Crippen LogP contribution in [0, 0.1) is 0 Å². The minimum atomic E-state index is -0.352. The largest absolute Gasteiger partial charge is 0.515 e. The Kier molecular flexibility index (Phi) is 8.20. The van der Waals surface area contributed by atoms with Crippen LogP contribution in [0.25, 0.3) is 0 Å². The Morgan fingerprint density at radius 2 is 1.82 bits per heavy atom. The summed E-state index contributed by atoms with van der Waals surface area (Å²) in [4.78, 5) is 11.1. The van der Waals surface area contributed by atoms with Crippen molar-refractivity contribution in [3.63, 3.8) is 0 Å². The second-order valence-corrected chi connectivity index (χ2v) is 4.20. The molecule has 0 unspecified atom stereocenters. The smallest absolute Gasteiger partial charge is 0.194 e. The summed E-state index contributed by atoms with van der Waals surface area (Å²) in [5, 5.41) is 18.9. The molecule has 0 heterocycles. The highest BCUT2D eigenvalue weighted by atomic mass is 16.3. The number of rotatable bonds is 8. The van der Waals surface area contributed by atoms with Gasteiger partial charge in [0.15, 0.2) is 11.5 Å². The first-order valence-electron chi connectivity index (χ1n) is 6.35. The monoisotopic (exact) mass is 240 g/mol. The molecule has 0 bridgehead atoms. The normalized spacial score (nSPS) is 13.5. The fraction of sp³-hybridized carbons (Fsp3) is 0.643. The van der Waals surface area contributed by atoms with Crippen molar-refractivity contribution in [1.82, 2.24) is 0 Å². The Balaban J connectivity index is 4.63. The zero-order valence-corrected chi connectivity index (χ0v) is 11.1. The molecule has 0 saturated carbocycles. The van der Waals surface area contributed by atoms with Gasteiger partial charge in [-0.2, -0.15) is 0 Å². The van der Waals surface area contributed by atoms with Crippen LogP contribution in [0.5, 0.6) is 0 Å². The molecule has 0 atom stereocenters. The third kappa shape index (κ3) is 5.57. The van der Waals surface area contributed by atoms with E-state index in [0.29, 0.717) is 24.0 Å². The Bertz CT molecular complexity index is 301. The third-order valence-electron chi connectivity index (χ3n) is 2.82. The molecule has 0 aromatic carbocycles. The average molecular weight is 240 g/mol. The van der Waals surface area contributed by atoms with E-state index in [4.69, 9.17) is 0 Å². The molecule has 98 valence electrons. The van der Waals surface area contributed by atoms with Crippen LogP contribution in [-0.2, 0) is 4.79 Å². The van der Waals surface area contributed by atoms with Crippen LogP contribution in [0.3, 0.4) is 0 Å². The van der Waals surface area contributed by atoms with Gasteiger partial charge in [0.25, 0.3) is 0 Å². The molecule has 17 heavy (non-hydrogen) atoms. The molecular formula is C14H24O3. The van der Waals surface area contributed by atoms with Gasteiger partial charge in [-0.25, -0.2) is 0 Å². The van der Waals surface area contributed by atoms with Crippen molar-refractivity contribution < 1.29 is 15.0 Å². The van der Waals surface area contributed by atoms with Crippen molar-refractivity contribution in [1.29, 1.82) is 0 Å². The molecule has 0 rings (SSSR count). The van der Waals surface area contributed by atoms with E-state index in [1.165, 1.54) is 13.3 Å². The van der Waals surface area contributed by atoms with E-state index in [-0.39, 0.29) is 11.5 Å². The minimum absolute atomic E-state index is 0.219. The Morgan fingerprint density at radius 1 is 1.18 bits per heavy atom. The highest BCUT2D eigenvalue weighted by Gasteiger charge is 2.13. The van der Waals surface area contributed by atoms with Crippen LogP contribution in [0.4, 0.5) is 0 Å². The number of allylic oxidation sites excluding steroid dienone is 3. The molecule has 3 heteroatoms. The molecule has 0 aliphatic carbocycles. The summed E-state index contributed by atoms with van der Waals surface area (Å²) in [7, 11) is 0. The second kappa shape index (κ2) is 8.85. The predicted molar refractivity (Wildman–Crippen MR) is 70.1 cm³/mol. The first kappa shape index (κ1) is 15.8. The van der Waals surface area contributed by atoms with Crippen molar-refractivity contribution in [2.45, 2.75) is 59.3 Å². The van der Waals surface area contributed by atoms with E-state index in [2.05, 4.69) is 6.92 Å². The van der Waals surface area contributed by atoms with E-state index in [1.807, 2.05) is 6.92 Å². The molecule has 0 radical (unpaired) electrons. The highest BCUT2D eigenvalue weighted by molar-refractivity contribution is 5.92. The molecule has 0 aliphatic rings. The van der Waals surface area contributed by atoms with Crippen LogP contribution in [-0.4, -0.2) is 16.0 Å². The number of carbonyl (C=O) groups excluding carboxylic acids is 1. The summed E-state index contributed by atoms with van der Waals surface area (Å²) in [5.74, 6) is -0.571. The van der Waals surface area contributed by atoms with Crippen LogP contribution < -0.4 is 0 Å². The lowest BCUT2D eigenvalue weighted by atomic mass is 9.96. The standard InChI is InChI=1S/C14H24O3/c1-4-6-7-8-9-12(10-15)13(5-2)14(17)11(3)16/h10,15,17H,4-9H2,1-3H3. The van der Waals surface area contributed by atoms with Crippen molar-refractivity contribution in [2.24, 2.45) is 0 Å². The number of aliphatic hydroxyl groups excluding tert-OH is 2. The number of aliphatic hydroxyl groups is 2. The van der Waals surface area contributed by atoms with Gasteiger partial charge in [0, 0.05) is 12.5 Å². The highest BCUT2D eigenvalue weighted by Crippen LogP contribution is 2.23. The van der Waals surface area contributed by atoms with Crippen LogP contribution in [0.1, 0.15) is 59.3 Å². The fourth-order valence-electron chi connectivity index (χ4n) is 1.79. The van der Waals surface area contributed by atoms with Gasteiger partial charge in [-0.3, -0.25) is 4.79 Å². The summed E-state index contributed by atoms with van der Waals surface area (Å²) in [5.41, 5.74) is 1.24. The number of ketones is 1. The van der Waals surface area contributed by atoms with Crippen molar-refractivity contribution in [2.75, 3.05) is 0 Å². The Hall–Kier alpha value is -1.25. The molecule has 0 amide bonds. The topological polar surface area (TPSA) is 57.5 Å². The van der Waals surface area contributed by atoms with Crippen LogP contribution >= 0.6 is 0 Å². The maximum absolute atomic E-state index is 11.1. The molecule has 0 spiro atoms. The van der Waals surface area contributed by atoms with E-state index >= 15 is 0 Å². The van der Waals surface area contributed by atoms with Gasteiger partial charge in [-0.15, -0.1) is 0 Å². The second-order valence-electron chi connectivity index (χ2n) is 4.20. The molecule has 0 saturated heterocycles. The third-order valence-corrected chi connectivity index (χ3v) is 2.82. The molecule has 3 nitrogen and oxygen atoms in total. The average Bonchev–Trinajstić information content (AvgIpc) is 2.32. The lowest BCUT2D eigenvalue weighted by molar-refractivity contribution is -0.116. The molecule has 0 fully saturated rings. The van der Waals surface area contributed by atoms with Crippen molar-refractivity contribution in [3.05, 3.63) is 23.2 Å². The maximum Gasteiger partial charge on any atom is 0.194 e. The van der Waals surface area contributed by atoms with Gasteiger partial charge in [0.1, 0.15) is 0 Å². The number of carbonyl (C=O) groups is 1. The van der Waals surface area contributed by atoms with Crippen molar-refractivity contribution >= 4 is 5.78 Å². The Morgan fingerprint density at radius 3 is 2.24 bits per heavy atom.